The zero-order chi connectivity index (χ0) is 13.2. The van der Waals surface area contributed by atoms with Crippen LogP contribution in [0.2, 0.25) is 0 Å². The number of aromatic nitrogens is 1. The molecule has 6 nitrogen and oxygen atoms in total. The zero-order valence-corrected chi connectivity index (χ0v) is 10.4. The molecular formula is C12H18N2O4. The van der Waals surface area contributed by atoms with Crippen molar-refractivity contribution in [2.24, 2.45) is 0 Å². The van der Waals surface area contributed by atoms with Crippen molar-refractivity contribution in [3.63, 3.8) is 0 Å². The first-order valence-electron chi connectivity index (χ1n) is 5.74. The Hall–Kier alpha value is -1.66. The fraction of sp³-hybridized carbons (Fsp3) is 0.500. The molecule has 100 valence electrons. The highest BCUT2D eigenvalue weighted by molar-refractivity contribution is 5.96. The molecule has 0 spiro atoms. The van der Waals surface area contributed by atoms with E-state index in [4.69, 9.17) is 14.6 Å². The molecule has 1 rings (SSSR count). The first-order chi connectivity index (χ1) is 8.79. The molecule has 0 fully saturated rings. The minimum atomic E-state index is -0.198. The van der Waals surface area contributed by atoms with Gasteiger partial charge in [0.05, 0.1) is 32.1 Å². The van der Waals surface area contributed by atoms with Crippen LogP contribution < -0.4 is 10.1 Å². The van der Waals surface area contributed by atoms with Crippen LogP contribution in [0.5, 0.6) is 5.75 Å². The van der Waals surface area contributed by atoms with Gasteiger partial charge in [0.2, 0.25) is 0 Å². The number of rotatable bonds is 8. The number of nitrogens with one attached hydrogen (secondary N) is 1. The predicted octanol–water partition coefficient (Wildman–Crippen LogP) is 0.219. The van der Waals surface area contributed by atoms with Crippen LogP contribution in [0.4, 0.5) is 0 Å². The molecule has 2 N–H and O–H groups in total. The molecular weight excluding hydrogens is 236 g/mol. The van der Waals surface area contributed by atoms with Gasteiger partial charge in [-0.1, -0.05) is 0 Å². The number of amides is 1. The van der Waals surface area contributed by atoms with Crippen molar-refractivity contribution < 1.29 is 19.4 Å². The zero-order valence-electron chi connectivity index (χ0n) is 10.4. The monoisotopic (exact) mass is 254 g/mol. The van der Waals surface area contributed by atoms with Gasteiger partial charge >= 0.3 is 0 Å². The molecule has 1 aromatic heterocycles. The first-order valence-corrected chi connectivity index (χ1v) is 5.74. The minimum Gasteiger partial charge on any atom is -0.494 e. The lowest BCUT2D eigenvalue weighted by molar-refractivity contribution is 0.0866. The smallest absolute Gasteiger partial charge is 0.255 e. The molecule has 0 saturated heterocycles. The molecule has 1 aromatic rings. The lowest BCUT2D eigenvalue weighted by Crippen LogP contribution is -2.25. The molecule has 18 heavy (non-hydrogen) atoms. The third-order valence-corrected chi connectivity index (χ3v) is 2.24. The van der Waals surface area contributed by atoms with E-state index in [1.165, 1.54) is 13.3 Å². The van der Waals surface area contributed by atoms with Crippen molar-refractivity contribution in [3.8, 4) is 5.75 Å². The van der Waals surface area contributed by atoms with Gasteiger partial charge in [-0.3, -0.25) is 9.78 Å². The van der Waals surface area contributed by atoms with Gasteiger partial charge in [-0.25, -0.2) is 0 Å². The molecule has 1 amide bonds. The van der Waals surface area contributed by atoms with Crippen molar-refractivity contribution in [3.05, 3.63) is 24.0 Å². The molecule has 0 aliphatic heterocycles. The van der Waals surface area contributed by atoms with Gasteiger partial charge in [0.1, 0.15) is 5.75 Å². The summed E-state index contributed by atoms with van der Waals surface area (Å²) in [6.07, 6.45) is 3.74. The van der Waals surface area contributed by atoms with E-state index >= 15 is 0 Å². The normalized spacial score (nSPS) is 10.1. The summed E-state index contributed by atoms with van der Waals surface area (Å²) in [5.41, 5.74) is 0.462. The Morgan fingerprint density at radius 1 is 1.50 bits per heavy atom. The highest BCUT2D eigenvalue weighted by Gasteiger charge is 2.10. The van der Waals surface area contributed by atoms with E-state index in [9.17, 15) is 4.79 Å². The van der Waals surface area contributed by atoms with Crippen LogP contribution in [0.3, 0.4) is 0 Å². The van der Waals surface area contributed by atoms with E-state index in [-0.39, 0.29) is 12.5 Å². The van der Waals surface area contributed by atoms with E-state index < -0.39 is 0 Å². The fourth-order valence-electron chi connectivity index (χ4n) is 1.37. The summed E-state index contributed by atoms with van der Waals surface area (Å²) in [6.45, 7) is 1.36. The average Bonchev–Trinajstić information content (AvgIpc) is 2.42. The maximum absolute atomic E-state index is 11.8. The van der Waals surface area contributed by atoms with Crippen LogP contribution in [-0.2, 0) is 4.74 Å². The number of nitrogens with zero attached hydrogens (tertiary/aromatic N) is 1. The predicted molar refractivity (Wildman–Crippen MR) is 65.6 cm³/mol. The van der Waals surface area contributed by atoms with Crippen molar-refractivity contribution in [1.82, 2.24) is 10.3 Å². The summed E-state index contributed by atoms with van der Waals surface area (Å²) >= 11 is 0. The standard InChI is InChI=1S/C12H18N2O4/c1-17-11-9-13-5-3-10(11)12(16)14-4-2-7-18-8-6-15/h3,5,9,15H,2,4,6-8H2,1H3,(H,14,16). The Bertz CT molecular complexity index is 371. The van der Waals surface area contributed by atoms with Gasteiger partial charge in [0.15, 0.2) is 0 Å². The van der Waals surface area contributed by atoms with E-state index in [2.05, 4.69) is 10.3 Å². The molecule has 0 atom stereocenters. The second-order valence-corrected chi connectivity index (χ2v) is 3.52. The van der Waals surface area contributed by atoms with E-state index in [1.807, 2.05) is 0 Å². The van der Waals surface area contributed by atoms with Crippen molar-refractivity contribution in [2.45, 2.75) is 6.42 Å². The van der Waals surface area contributed by atoms with Crippen molar-refractivity contribution in [2.75, 3.05) is 33.5 Å². The topological polar surface area (TPSA) is 80.7 Å². The lowest BCUT2D eigenvalue weighted by Gasteiger charge is -2.08. The Kier molecular flexibility index (Phi) is 6.75. The summed E-state index contributed by atoms with van der Waals surface area (Å²) in [6, 6.07) is 1.61. The summed E-state index contributed by atoms with van der Waals surface area (Å²) in [4.78, 5) is 15.7. The molecule has 0 radical (unpaired) electrons. The van der Waals surface area contributed by atoms with E-state index in [1.54, 1.807) is 12.3 Å². The number of carbonyl (C=O) groups excluding carboxylic acids is 1. The quantitative estimate of drug-likeness (QED) is 0.649. The number of ether oxygens (including phenoxy) is 2. The van der Waals surface area contributed by atoms with Gasteiger partial charge in [-0.05, 0) is 12.5 Å². The Morgan fingerprint density at radius 3 is 3.06 bits per heavy atom. The number of aliphatic hydroxyl groups excluding tert-OH is 1. The van der Waals surface area contributed by atoms with Gasteiger partial charge in [-0.15, -0.1) is 0 Å². The SMILES string of the molecule is COc1cnccc1C(=O)NCCCOCCO. The molecule has 0 aromatic carbocycles. The average molecular weight is 254 g/mol. The second-order valence-electron chi connectivity index (χ2n) is 3.52. The van der Waals surface area contributed by atoms with E-state index in [0.29, 0.717) is 37.5 Å². The van der Waals surface area contributed by atoms with Crippen LogP contribution >= 0.6 is 0 Å². The Labute approximate surface area is 106 Å². The van der Waals surface area contributed by atoms with Gasteiger partial charge in [-0.2, -0.15) is 0 Å². The summed E-state index contributed by atoms with van der Waals surface area (Å²) in [5, 5.41) is 11.3. The molecule has 1 heterocycles. The summed E-state index contributed by atoms with van der Waals surface area (Å²) in [7, 11) is 1.50. The molecule has 0 unspecified atom stereocenters. The number of carbonyl (C=O) groups is 1. The Balaban J connectivity index is 2.32. The maximum atomic E-state index is 11.8. The molecule has 0 bridgehead atoms. The Morgan fingerprint density at radius 2 is 2.33 bits per heavy atom. The molecule has 0 saturated carbocycles. The lowest BCUT2D eigenvalue weighted by atomic mass is 10.2. The van der Waals surface area contributed by atoms with Crippen molar-refractivity contribution >= 4 is 5.91 Å². The second kappa shape index (κ2) is 8.43. The number of hydrogen-bond donors (Lipinski definition) is 2. The van der Waals surface area contributed by atoms with Crippen LogP contribution in [0.1, 0.15) is 16.8 Å². The minimum absolute atomic E-state index is 0.0145. The largest absolute Gasteiger partial charge is 0.494 e. The van der Waals surface area contributed by atoms with Crippen LogP contribution in [-0.4, -0.2) is 49.5 Å². The highest BCUT2D eigenvalue weighted by Crippen LogP contribution is 2.14. The number of pyridine rings is 1. The van der Waals surface area contributed by atoms with Crippen LogP contribution in [0, 0.1) is 0 Å². The van der Waals surface area contributed by atoms with E-state index in [0.717, 1.165) is 0 Å². The molecule has 6 heteroatoms. The number of methoxy groups -OCH3 is 1. The molecule has 0 aliphatic carbocycles. The first kappa shape index (κ1) is 14.4. The van der Waals surface area contributed by atoms with Gasteiger partial charge < -0.3 is 19.9 Å². The summed E-state index contributed by atoms with van der Waals surface area (Å²) in [5.74, 6) is 0.253. The van der Waals surface area contributed by atoms with Crippen LogP contribution in [0.15, 0.2) is 18.5 Å². The third-order valence-electron chi connectivity index (χ3n) is 2.24. The molecule has 0 aliphatic rings. The van der Waals surface area contributed by atoms with Crippen LogP contribution in [0.25, 0.3) is 0 Å². The van der Waals surface area contributed by atoms with Gasteiger partial charge in [0.25, 0.3) is 5.91 Å². The van der Waals surface area contributed by atoms with Crippen molar-refractivity contribution in [1.29, 1.82) is 0 Å². The number of hydrogen-bond acceptors (Lipinski definition) is 5. The maximum Gasteiger partial charge on any atom is 0.255 e. The third kappa shape index (κ3) is 4.68. The van der Waals surface area contributed by atoms with Gasteiger partial charge in [0, 0.05) is 19.3 Å². The number of aliphatic hydroxyl groups is 1. The summed E-state index contributed by atoms with van der Waals surface area (Å²) < 4.78 is 10.1. The highest BCUT2D eigenvalue weighted by atomic mass is 16.5. The fourth-order valence-corrected chi connectivity index (χ4v) is 1.37.